The van der Waals surface area contributed by atoms with Crippen molar-refractivity contribution in [2.75, 3.05) is 38.2 Å². The maximum atomic E-state index is 14.3. The number of fused-ring (bicyclic) bond motifs is 3. The molecule has 4 heterocycles. The number of methoxy groups -OCH3 is 1. The molecule has 0 amide bonds. The normalized spacial score (nSPS) is 13.5. The van der Waals surface area contributed by atoms with E-state index in [2.05, 4.69) is 20.3 Å². The number of rotatable bonds is 6. The van der Waals surface area contributed by atoms with Crippen molar-refractivity contribution in [2.45, 2.75) is 6.18 Å². The molecule has 0 aliphatic carbocycles. The number of halogens is 3. The average molecular weight is 652 g/mol. The average Bonchev–Trinajstić information content (AvgIpc) is 3.33. The number of ether oxygens (including phenoxy) is 1. The molecule has 0 atom stereocenters. The summed E-state index contributed by atoms with van der Waals surface area (Å²) in [7, 11) is 3.05. The van der Waals surface area contributed by atoms with Crippen LogP contribution in [0, 0.1) is 0 Å². The fourth-order valence-corrected chi connectivity index (χ4v) is 5.20. The molecule has 3 aromatic heterocycles. The number of piperazine rings is 1. The Kier molecular flexibility index (Phi) is 9.23. The highest BCUT2D eigenvalue weighted by molar-refractivity contribution is 6.04. The Labute approximate surface area is 264 Å². The van der Waals surface area contributed by atoms with Gasteiger partial charge in [-0.15, -0.1) is 0 Å². The Morgan fingerprint density at radius 3 is 2.19 bits per heavy atom. The zero-order valence-electron chi connectivity index (χ0n) is 25.0. The van der Waals surface area contributed by atoms with E-state index in [-0.39, 0.29) is 17.4 Å². The molecule has 244 valence electrons. The van der Waals surface area contributed by atoms with E-state index in [4.69, 9.17) is 14.9 Å². The first-order valence-electron chi connectivity index (χ1n) is 14.1. The van der Waals surface area contributed by atoms with Crippen LogP contribution in [-0.2, 0) is 22.8 Å². The van der Waals surface area contributed by atoms with Crippen molar-refractivity contribution in [3.05, 3.63) is 83.2 Å². The van der Waals surface area contributed by atoms with Crippen LogP contribution in [0.15, 0.2) is 71.9 Å². The Balaban J connectivity index is 0.000000483. The molecule has 1 aliphatic rings. The number of benzene rings is 2. The second kappa shape index (κ2) is 13.3. The quantitative estimate of drug-likeness (QED) is 0.230. The lowest BCUT2D eigenvalue weighted by atomic mass is 10.0. The van der Waals surface area contributed by atoms with Gasteiger partial charge in [0.2, 0.25) is 0 Å². The molecular weight excluding hydrogens is 623 g/mol. The fraction of sp³-hybridized carbons (Fsp3) is 0.226. The molecule has 0 spiro atoms. The van der Waals surface area contributed by atoms with Gasteiger partial charge in [0.1, 0.15) is 0 Å². The van der Waals surface area contributed by atoms with E-state index in [9.17, 15) is 27.6 Å². The lowest BCUT2D eigenvalue weighted by Crippen LogP contribution is -2.44. The van der Waals surface area contributed by atoms with Crippen LogP contribution >= 0.6 is 0 Å². The van der Waals surface area contributed by atoms with Crippen LogP contribution < -0.4 is 20.6 Å². The van der Waals surface area contributed by atoms with Crippen molar-refractivity contribution >= 4 is 39.6 Å². The Morgan fingerprint density at radius 2 is 1.60 bits per heavy atom. The third-order valence-corrected chi connectivity index (χ3v) is 7.40. The number of carbonyl (C=O) groups is 2. The number of hydrogen-bond donors (Lipinski definition) is 3. The number of pyridine rings is 1. The number of alkyl halides is 3. The highest BCUT2D eigenvalue weighted by Crippen LogP contribution is 2.39. The number of anilines is 1. The summed E-state index contributed by atoms with van der Waals surface area (Å²) in [5.74, 6) is -2.51. The summed E-state index contributed by atoms with van der Waals surface area (Å²) in [6.07, 6.45) is 1.30. The highest BCUT2D eigenvalue weighted by Gasteiger charge is 2.36. The van der Waals surface area contributed by atoms with E-state index in [0.717, 1.165) is 11.6 Å². The Hall–Kier alpha value is -5.77. The molecule has 0 saturated carbocycles. The third-order valence-electron chi connectivity index (χ3n) is 7.40. The van der Waals surface area contributed by atoms with Gasteiger partial charge in [-0.2, -0.15) is 13.2 Å². The maximum absolute atomic E-state index is 14.3. The summed E-state index contributed by atoms with van der Waals surface area (Å²) in [5, 5.41) is 19.4. The fourth-order valence-electron chi connectivity index (χ4n) is 5.20. The van der Waals surface area contributed by atoms with E-state index in [1.807, 2.05) is 12.1 Å². The van der Waals surface area contributed by atoms with E-state index in [0.29, 0.717) is 65.8 Å². The number of carboxylic acids is 2. The zero-order valence-corrected chi connectivity index (χ0v) is 25.0. The van der Waals surface area contributed by atoms with Crippen molar-refractivity contribution in [2.24, 2.45) is 7.05 Å². The number of aromatic nitrogens is 5. The van der Waals surface area contributed by atoms with Crippen LogP contribution in [-0.4, -0.2) is 79.5 Å². The van der Waals surface area contributed by atoms with Gasteiger partial charge in [0.05, 0.1) is 41.1 Å². The van der Waals surface area contributed by atoms with Gasteiger partial charge in [-0.25, -0.2) is 24.4 Å². The summed E-state index contributed by atoms with van der Waals surface area (Å²) in [6.45, 7) is 2.13. The molecule has 16 heteroatoms. The summed E-state index contributed by atoms with van der Waals surface area (Å²) in [4.78, 5) is 47.1. The molecule has 0 bridgehead atoms. The lowest BCUT2D eigenvalue weighted by molar-refractivity contribution is -0.137. The van der Waals surface area contributed by atoms with Crippen LogP contribution in [0.25, 0.3) is 38.8 Å². The first-order chi connectivity index (χ1) is 22.4. The van der Waals surface area contributed by atoms with Crippen molar-refractivity contribution in [1.82, 2.24) is 29.4 Å². The molecule has 13 nitrogen and oxygen atoms in total. The van der Waals surface area contributed by atoms with Crippen LogP contribution in [0.3, 0.4) is 0 Å². The van der Waals surface area contributed by atoms with Crippen molar-refractivity contribution in [3.63, 3.8) is 0 Å². The first kappa shape index (κ1) is 32.6. The Morgan fingerprint density at radius 1 is 0.936 bits per heavy atom. The second-order valence-electron chi connectivity index (χ2n) is 10.3. The minimum absolute atomic E-state index is 0.106. The number of aryl methyl sites for hydroxylation is 1. The third kappa shape index (κ3) is 6.91. The minimum atomic E-state index is -4.60. The second-order valence-corrected chi connectivity index (χ2v) is 10.3. The zero-order chi connectivity index (χ0) is 33.9. The molecule has 47 heavy (non-hydrogen) atoms. The van der Waals surface area contributed by atoms with Crippen LogP contribution in [0.4, 0.5) is 18.9 Å². The number of carboxylic acid groups (broad SMARTS) is 2. The molecule has 3 N–H and O–H groups in total. The van der Waals surface area contributed by atoms with Gasteiger partial charge < -0.3 is 25.2 Å². The van der Waals surface area contributed by atoms with Gasteiger partial charge in [0.15, 0.2) is 0 Å². The number of aliphatic carboxylic acids is 2. The predicted molar refractivity (Wildman–Crippen MR) is 166 cm³/mol. The molecule has 0 radical (unpaired) electrons. The van der Waals surface area contributed by atoms with Gasteiger partial charge >= 0.3 is 29.8 Å². The first-order valence-corrected chi connectivity index (χ1v) is 14.1. The predicted octanol–water partition coefficient (Wildman–Crippen LogP) is 3.48. The van der Waals surface area contributed by atoms with Gasteiger partial charge in [-0.05, 0) is 35.9 Å². The molecule has 2 aromatic carbocycles. The van der Waals surface area contributed by atoms with Crippen molar-refractivity contribution in [1.29, 1.82) is 0 Å². The molecule has 1 saturated heterocycles. The SMILES string of the molecule is COc1ncc(-c2ccc3ncc4c(c3c2)n(-c2ccc(N3CCNCC3)c(C(F)(F)F)c2)c(=O)n4C)cn1.O=C(O)C=CC(=O)O. The van der Waals surface area contributed by atoms with E-state index < -0.39 is 29.4 Å². The highest BCUT2D eigenvalue weighted by atomic mass is 19.4. The summed E-state index contributed by atoms with van der Waals surface area (Å²) in [6, 6.07) is 9.80. The standard InChI is InChI=1S/C27H24F3N7O2.C4H4O4/c1-35-23-15-32-21-5-3-16(17-13-33-25(39-2)34-14-17)11-19(21)24(23)37(26(35)38)18-4-6-22(20(12-18)27(28,29)30)36-9-7-31-8-10-36;5-3(6)1-2-4(7)8/h3-6,11-15,31H,7-10H2,1-2H3;1-2H,(H,5,6)(H,7,8). The number of imidazole rings is 1. The van der Waals surface area contributed by atoms with Crippen LogP contribution in [0.2, 0.25) is 0 Å². The van der Waals surface area contributed by atoms with E-state index in [1.165, 1.54) is 22.3 Å². The maximum Gasteiger partial charge on any atom is 0.418 e. The minimum Gasteiger partial charge on any atom is -0.478 e. The smallest absolute Gasteiger partial charge is 0.418 e. The van der Waals surface area contributed by atoms with Gasteiger partial charge in [0.25, 0.3) is 0 Å². The van der Waals surface area contributed by atoms with E-state index >= 15 is 0 Å². The largest absolute Gasteiger partial charge is 0.478 e. The molecule has 6 rings (SSSR count). The summed E-state index contributed by atoms with van der Waals surface area (Å²) >= 11 is 0. The monoisotopic (exact) mass is 651 g/mol. The van der Waals surface area contributed by atoms with Crippen LogP contribution in [0.5, 0.6) is 6.01 Å². The number of hydrogen-bond acceptors (Lipinski definition) is 9. The topological polar surface area (TPSA) is 165 Å². The molecule has 0 unspecified atom stereocenters. The van der Waals surface area contributed by atoms with Gasteiger partial charge in [-0.3, -0.25) is 14.1 Å². The number of nitrogens with zero attached hydrogens (tertiary/aromatic N) is 6. The molecule has 1 fully saturated rings. The van der Waals surface area contributed by atoms with Crippen molar-refractivity contribution < 1.29 is 37.7 Å². The Bertz CT molecular complexity index is 2030. The van der Waals surface area contributed by atoms with Gasteiger partial charge in [0, 0.05) is 74.4 Å². The lowest BCUT2D eigenvalue weighted by Gasteiger charge is -2.31. The molecule has 1 aliphatic heterocycles. The van der Waals surface area contributed by atoms with E-state index in [1.54, 1.807) is 42.7 Å². The summed E-state index contributed by atoms with van der Waals surface area (Å²) in [5.41, 5.74) is 2.00. The van der Waals surface area contributed by atoms with Gasteiger partial charge in [-0.1, -0.05) is 6.07 Å². The number of nitrogens with one attached hydrogen (secondary N) is 1. The van der Waals surface area contributed by atoms with Crippen molar-refractivity contribution in [3.8, 4) is 22.8 Å². The summed E-state index contributed by atoms with van der Waals surface area (Å²) < 4.78 is 50.7. The van der Waals surface area contributed by atoms with Crippen LogP contribution in [0.1, 0.15) is 5.56 Å². The molecule has 5 aromatic rings. The molecular formula is C31H28F3N7O6.